The second kappa shape index (κ2) is 6.66. The lowest BCUT2D eigenvalue weighted by Crippen LogP contribution is -2.49. The molecule has 1 fully saturated rings. The summed E-state index contributed by atoms with van der Waals surface area (Å²) >= 11 is 1.78. The van der Waals surface area contributed by atoms with Gasteiger partial charge in [-0.25, -0.2) is 0 Å². The van der Waals surface area contributed by atoms with E-state index < -0.39 is 0 Å². The van der Waals surface area contributed by atoms with Crippen molar-refractivity contribution in [3.8, 4) is 0 Å². The molecule has 0 aliphatic heterocycles. The van der Waals surface area contributed by atoms with Gasteiger partial charge in [0.25, 0.3) is 0 Å². The minimum atomic E-state index is 0.149. The third-order valence-corrected chi connectivity index (χ3v) is 4.91. The van der Waals surface area contributed by atoms with E-state index in [1.807, 2.05) is 0 Å². The van der Waals surface area contributed by atoms with E-state index in [-0.39, 0.29) is 18.7 Å². The topological polar surface area (TPSA) is 49.5 Å². The van der Waals surface area contributed by atoms with Crippen molar-refractivity contribution in [1.82, 2.24) is 4.90 Å². The van der Waals surface area contributed by atoms with E-state index >= 15 is 0 Å². The molecule has 0 bridgehead atoms. The fraction of sp³-hybridized carbons (Fsp3) is 0.714. The van der Waals surface area contributed by atoms with Crippen molar-refractivity contribution in [3.63, 3.8) is 0 Å². The van der Waals surface area contributed by atoms with Gasteiger partial charge < -0.3 is 10.8 Å². The SMILES string of the molecule is CCC(N)C(c1cccs1)N(CCO)C1CCC1. The molecule has 18 heavy (non-hydrogen) atoms. The maximum atomic E-state index is 9.33. The largest absolute Gasteiger partial charge is 0.395 e. The molecule has 2 atom stereocenters. The maximum absolute atomic E-state index is 9.33. The van der Waals surface area contributed by atoms with Crippen molar-refractivity contribution in [2.75, 3.05) is 13.2 Å². The molecule has 1 saturated carbocycles. The summed E-state index contributed by atoms with van der Waals surface area (Å²) in [7, 11) is 0. The van der Waals surface area contributed by atoms with E-state index in [0.717, 1.165) is 13.0 Å². The number of hydrogen-bond donors (Lipinski definition) is 2. The first-order chi connectivity index (χ1) is 8.77. The highest BCUT2D eigenvalue weighted by molar-refractivity contribution is 7.10. The first kappa shape index (κ1) is 14.0. The number of hydrogen-bond acceptors (Lipinski definition) is 4. The average Bonchev–Trinajstić information content (AvgIpc) is 2.80. The van der Waals surface area contributed by atoms with E-state index in [9.17, 15) is 5.11 Å². The van der Waals surface area contributed by atoms with Crippen molar-refractivity contribution < 1.29 is 5.11 Å². The van der Waals surface area contributed by atoms with Crippen molar-refractivity contribution in [2.24, 2.45) is 5.73 Å². The molecule has 0 spiro atoms. The molecule has 2 rings (SSSR count). The molecule has 3 nitrogen and oxygen atoms in total. The van der Waals surface area contributed by atoms with Crippen LogP contribution in [0.3, 0.4) is 0 Å². The lowest BCUT2D eigenvalue weighted by atomic mass is 9.88. The van der Waals surface area contributed by atoms with Crippen LogP contribution in [0.25, 0.3) is 0 Å². The number of aliphatic hydroxyl groups is 1. The Morgan fingerprint density at radius 2 is 2.33 bits per heavy atom. The highest BCUT2D eigenvalue weighted by Crippen LogP contribution is 2.35. The lowest BCUT2D eigenvalue weighted by Gasteiger charge is -2.44. The monoisotopic (exact) mass is 268 g/mol. The van der Waals surface area contributed by atoms with Gasteiger partial charge in [-0.05, 0) is 30.7 Å². The van der Waals surface area contributed by atoms with Crippen LogP contribution < -0.4 is 5.73 Å². The van der Waals surface area contributed by atoms with Crippen LogP contribution in [0.4, 0.5) is 0 Å². The van der Waals surface area contributed by atoms with Gasteiger partial charge in [0.2, 0.25) is 0 Å². The highest BCUT2D eigenvalue weighted by Gasteiger charge is 2.34. The van der Waals surface area contributed by atoms with Crippen LogP contribution in [0.5, 0.6) is 0 Å². The van der Waals surface area contributed by atoms with Crippen LogP contribution in [0.2, 0.25) is 0 Å². The lowest BCUT2D eigenvalue weighted by molar-refractivity contribution is 0.0488. The second-order valence-electron chi connectivity index (χ2n) is 5.08. The molecule has 1 aromatic heterocycles. The van der Waals surface area contributed by atoms with E-state index in [1.165, 1.54) is 24.1 Å². The molecule has 1 aromatic rings. The van der Waals surface area contributed by atoms with Crippen molar-refractivity contribution in [3.05, 3.63) is 22.4 Å². The van der Waals surface area contributed by atoms with Gasteiger partial charge in [0, 0.05) is 23.5 Å². The summed E-state index contributed by atoms with van der Waals surface area (Å²) in [4.78, 5) is 3.77. The molecular weight excluding hydrogens is 244 g/mol. The Kier molecular flexibility index (Phi) is 5.18. The Morgan fingerprint density at radius 3 is 2.78 bits per heavy atom. The number of aliphatic hydroxyl groups excluding tert-OH is 1. The molecule has 0 aromatic carbocycles. The standard InChI is InChI=1S/C14H24N2OS/c1-2-12(15)14(13-7-4-10-18-13)16(8-9-17)11-5-3-6-11/h4,7,10-12,14,17H,2-3,5-6,8-9,15H2,1H3. The Labute approximate surface area is 114 Å². The predicted molar refractivity (Wildman–Crippen MR) is 76.8 cm³/mol. The smallest absolute Gasteiger partial charge is 0.0596 e. The zero-order valence-electron chi connectivity index (χ0n) is 11.1. The van der Waals surface area contributed by atoms with Crippen molar-refractivity contribution in [1.29, 1.82) is 0 Å². The molecular formula is C14H24N2OS. The van der Waals surface area contributed by atoms with Crippen molar-refractivity contribution >= 4 is 11.3 Å². The zero-order valence-corrected chi connectivity index (χ0v) is 11.9. The van der Waals surface area contributed by atoms with E-state index in [4.69, 9.17) is 5.73 Å². The first-order valence-corrected chi connectivity index (χ1v) is 7.81. The van der Waals surface area contributed by atoms with Gasteiger partial charge in [0.15, 0.2) is 0 Å². The minimum absolute atomic E-state index is 0.149. The summed E-state index contributed by atoms with van der Waals surface area (Å²) < 4.78 is 0. The van der Waals surface area contributed by atoms with Gasteiger partial charge in [0.05, 0.1) is 12.6 Å². The van der Waals surface area contributed by atoms with E-state index in [2.05, 4.69) is 29.3 Å². The van der Waals surface area contributed by atoms with Crippen LogP contribution in [0, 0.1) is 0 Å². The summed E-state index contributed by atoms with van der Waals surface area (Å²) in [5.41, 5.74) is 6.34. The van der Waals surface area contributed by atoms with Gasteiger partial charge >= 0.3 is 0 Å². The van der Waals surface area contributed by atoms with Gasteiger partial charge in [0.1, 0.15) is 0 Å². The molecule has 2 unspecified atom stereocenters. The van der Waals surface area contributed by atoms with E-state index in [0.29, 0.717) is 6.04 Å². The summed E-state index contributed by atoms with van der Waals surface area (Å²) in [6, 6.07) is 5.30. The Hall–Kier alpha value is -0.420. The highest BCUT2D eigenvalue weighted by atomic mass is 32.1. The normalized spacial score (nSPS) is 19.8. The number of thiophene rings is 1. The van der Waals surface area contributed by atoms with Gasteiger partial charge in [-0.15, -0.1) is 11.3 Å². The van der Waals surface area contributed by atoms with Gasteiger partial charge in [-0.2, -0.15) is 0 Å². The van der Waals surface area contributed by atoms with Gasteiger partial charge in [-0.3, -0.25) is 4.90 Å². The fourth-order valence-electron chi connectivity index (χ4n) is 2.69. The minimum Gasteiger partial charge on any atom is -0.395 e. The molecule has 0 amide bonds. The first-order valence-electron chi connectivity index (χ1n) is 6.93. The van der Waals surface area contributed by atoms with Crippen LogP contribution >= 0.6 is 11.3 Å². The molecule has 1 aliphatic carbocycles. The Morgan fingerprint density at radius 1 is 1.56 bits per heavy atom. The Balaban J connectivity index is 2.19. The summed E-state index contributed by atoms with van der Waals surface area (Å²) in [6.45, 7) is 3.10. The molecule has 4 heteroatoms. The summed E-state index contributed by atoms with van der Waals surface area (Å²) in [5.74, 6) is 0. The maximum Gasteiger partial charge on any atom is 0.0596 e. The summed E-state index contributed by atoms with van der Waals surface area (Å²) in [6.07, 6.45) is 4.78. The van der Waals surface area contributed by atoms with E-state index in [1.54, 1.807) is 11.3 Å². The third-order valence-electron chi connectivity index (χ3n) is 3.97. The number of rotatable bonds is 7. The van der Waals surface area contributed by atoms with Crippen LogP contribution in [0.15, 0.2) is 17.5 Å². The molecule has 0 radical (unpaired) electrons. The second-order valence-corrected chi connectivity index (χ2v) is 6.06. The molecule has 102 valence electrons. The average molecular weight is 268 g/mol. The third kappa shape index (κ3) is 2.94. The van der Waals surface area contributed by atoms with Crippen LogP contribution in [0.1, 0.15) is 43.5 Å². The predicted octanol–water partition coefficient (Wildman–Crippen LogP) is 2.37. The number of nitrogens with zero attached hydrogens (tertiary/aromatic N) is 1. The van der Waals surface area contributed by atoms with Crippen LogP contribution in [-0.4, -0.2) is 35.2 Å². The summed E-state index contributed by atoms with van der Waals surface area (Å²) in [5, 5.41) is 11.4. The molecule has 1 heterocycles. The number of nitrogens with two attached hydrogens (primary N) is 1. The molecule has 3 N–H and O–H groups in total. The zero-order chi connectivity index (χ0) is 13.0. The molecule has 0 saturated heterocycles. The quantitative estimate of drug-likeness (QED) is 0.798. The van der Waals surface area contributed by atoms with Crippen molar-refractivity contribution in [2.45, 2.75) is 50.7 Å². The fourth-order valence-corrected chi connectivity index (χ4v) is 3.61. The molecule has 1 aliphatic rings. The van der Waals surface area contributed by atoms with Gasteiger partial charge in [-0.1, -0.05) is 19.4 Å². The van der Waals surface area contributed by atoms with Crippen LogP contribution in [-0.2, 0) is 0 Å². The Bertz CT molecular complexity index is 338.